The Morgan fingerprint density at radius 2 is 2.22 bits per heavy atom. The summed E-state index contributed by atoms with van der Waals surface area (Å²) in [6.07, 6.45) is 5.49. The van der Waals surface area contributed by atoms with Crippen LogP contribution in [0.2, 0.25) is 0 Å². The predicted molar refractivity (Wildman–Crippen MR) is 69.9 cm³/mol. The SMILES string of the molecule is CN(Cc1nccn1C)C(=O)C1(C)CCNCC1. The third-order valence-electron chi connectivity index (χ3n) is 3.87. The van der Waals surface area contributed by atoms with Gasteiger partial charge in [0.1, 0.15) is 5.82 Å². The van der Waals surface area contributed by atoms with Gasteiger partial charge in [-0.15, -0.1) is 0 Å². The van der Waals surface area contributed by atoms with Crippen LogP contribution in [0, 0.1) is 5.41 Å². The van der Waals surface area contributed by atoms with Crippen molar-refractivity contribution in [1.82, 2.24) is 19.8 Å². The zero-order chi connectivity index (χ0) is 13.2. The van der Waals surface area contributed by atoms with E-state index in [9.17, 15) is 4.79 Å². The lowest BCUT2D eigenvalue weighted by Crippen LogP contribution is -2.46. The fourth-order valence-corrected chi connectivity index (χ4v) is 2.49. The Hall–Kier alpha value is -1.36. The van der Waals surface area contributed by atoms with E-state index in [1.165, 1.54) is 0 Å². The first-order valence-corrected chi connectivity index (χ1v) is 6.45. The number of amides is 1. The molecule has 5 nitrogen and oxygen atoms in total. The third kappa shape index (κ3) is 2.56. The van der Waals surface area contributed by atoms with Crippen molar-refractivity contribution in [2.45, 2.75) is 26.3 Å². The van der Waals surface area contributed by atoms with Gasteiger partial charge in [0.2, 0.25) is 5.91 Å². The minimum atomic E-state index is -0.217. The number of rotatable bonds is 3. The number of aryl methyl sites for hydroxylation is 1. The van der Waals surface area contributed by atoms with Gasteiger partial charge in [0.25, 0.3) is 0 Å². The van der Waals surface area contributed by atoms with Crippen LogP contribution < -0.4 is 5.32 Å². The summed E-state index contributed by atoms with van der Waals surface area (Å²) in [4.78, 5) is 18.6. The zero-order valence-corrected chi connectivity index (χ0v) is 11.4. The third-order valence-corrected chi connectivity index (χ3v) is 3.87. The first-order valence-electron chi connectivity index (χ1n) is 6.45. The summed E-state index contributed by atoms with van der Waals surface area (Å²) < 4.78 is 1.95. The van der Waals surface area contributed by atoms with E-state index in [1.807, 2.05) is 24.9 Å². The number of nitrogens with zero attached hydrogens (tertiary/aromatic N) is 3. The summed E-state index contributed by atoms with van der Waals surface area (Å²) in [6.45, 7) is 4.51. The number of hydrogen-bond acceptors (Lipinski definition) is 3. The molecule has 1 aliphatic heterocycles. The summed E-state index contributed by atoms with van der Waals surface area (Å²) in [5.74, 6) is 1.15. The molecule has 0 radical (unpaired) electrons. The molecule has 2 heterocycles. The molecule has 5 heteroatoms. The van der Waals surface area contributed by atoms with E-state index in [-0.39, 0.29) is 11.3 Å². The number of nitrogens with one attached hydrogen (secondary N) is 1. The van der Waals surface area contributed by atoms with E-state index in [1.54, 1.807) is 11.1 Å². The minimum absolute atomic E-state index is 0.217. The average Bonchev–Trinajstić information content (AvgIpc) is 2.75. The van der Waals surface area contributed by atoms with E-state index in [0.717, 1.165) is 31.8 Å². The largest absolute Gasteiger partial charge is 0.338 e. The van der Waals surface area contributed by atoms with Crippen LogP contribution in [0.15, 0.2) is 12.4 Å². The zero-order valence-electron chi connectivity index (χ0n) is 11.4. The predicted octanol–water partition coefficient (Wildman–Crippen LogP) is 0.768. The quantitative estimate of drug-likeness (QED) is 0.862. The molecular formula is C13H22N4O. The lowest BCUT2D eigenvalue weighted by Gasteiger charge is -2.35. The molecule has 0 saturated carbocycles. The average molecular weight is 250 g/mol. The van der Waals surface area contributed by atoms with Gasteiger partial charge < -0.3 is 14.8 Å². The molecule has 1 aromatic rings. The van der Waals surface area contributed by atoms with Gasteiger partial charge in [-0.3, -0.25) is 4.79 Å². The molecular weight excluding hydrogens is 228 g/mol. The molecule has 0 bridgehead atoms. The first kappa shape index (κ1) is 13.1. The highest BCUT2D eigenvalue weighted by atomic mass is 16.2. The van der Waals surface area contributed by atoms with Gasteiger partial charge in [0.15, 0.2) is 0 Å². The summed E-state index contributed by atoms with van der Waals surface area (Å²) in [6, 6.07) is 0. The molecule has 0 spiro atoms. The van der Waals surface area contributed by atoms with Crippen LogP contribution in [-0.4, -0.2) is 40.5 Å². The second-order valence-corrected chi connectivity index (χ2v) is 5.43. The number of carbonyl (C=O) groups is 1. The number of piperidine rings is 1. The van der Waals surface area contributed by atoms with Crippen LogP contribution in [-0.2, 0) is 18.4 Å². The maximum atomic E-state index is 12.5. The van der Waals surface area contributed by atoms with Crippen molar-refractivity contribution < 1.29 is 4.79 Å². The highest BCUT2D eigenvalue weighted by Crippen LogP contribution is 2.30. The number of hydrogen-bond donors (Lipinski definition) is 1. The van der Waals surface area contributed by atoms with Crippen molar-refractivity contribution in [3.8, 4) is 0 Å². The summed E-state index contributed by atoms with van der Waals surface area (Å²) in [5, 5.41) is 3.30. The molecule has 1 saturated heterocycles. The Kier molecular flexibility index (Phi) is 3.71. The first-order chi connectivity index (χ1) is 8.53. The summed E-state index contributed by atoms with van der Waals surface area (Å²) >= 11 is 0. The highest BCUT2D eigenvalue weighted by Gasteiger charge is 2.36. The molecule has 1 aliphatic rings. The number of aromatic nitrogens is 2. The van der Waals surface area contributed by atoms with Gasteiger partial charge in [-0.1, -0.05) is 6.92 Å². The summed E-state index contributed by atoms with van der Waals surface area (Å²) in [5.41, 5.74) is -0.217. The molecule has 0 aliphatic carbocycles. The van der Waals surface area contributed by atoms with E-state index < -0.39 is 0 Å². The maximum absolute atomic E-state index is 12.5. The van der Waals surface area contributed by atoms with Crippen LogP contribution in [0.3, 0.4) is 0 Å². The molecule has 18 heavy (non-hydrogen) atoms. The van der Waals surface area contributed by atoms with E-state index >= 15 is 0 Å². The van der Waals surface area contributed by atoms with Gasteiger partial charge >= 0.3 is 0 Å². The van der Waals surface area contributed by atoms with Crippen LogP contribution in [0.1, 0.15) is 25.6 Å². The standard InChI is InChI=1S/C13H22N4O/c1-13(4-6-14-7-5-13)12(18)17(3)10-11-15-8-9-16(11)2/h8-9,14H,4-7,10H2,1-3H3. The Labute approximate surface area is 108 Å². The summed E-state index contributed by atoms with van der Waals surface area (Å²) in [7, 11) is 3.82. The monoisotopic (exact) mass is 250 g/mol. The molecule has 2 rings (SSSR count). The molecule has 1 aromatic heterocycles. The van der Waals surface area contributed by atoms with Crippen molar-refractivity contribution in [2.75, 3.05) is 20.1 Å². The van der Waals surface area contributed by atoms with Crippen LogP contribution >= 0.6 is 0 Å². The molecule has 1 N–H and O–H groups in total. The minimum Gasteiger partial charge on any atom is -0.338 e. The van der Waals surface area contributed by atoms with E-state index in [0.29, 0.717) is 6.54 Å². The van der Waals surface area contributed by atoms with Gasteiger partial charge in [0, 0.05) is 31.9 Å². The van der Waals surface area contributed by atoms with Gasteiger partial charge in [0.05, 0.1) is 6.54 Å². The second kappa shape index (κ2) is 5.10. The molecule has 1 amide bonds. The fourth-order valence-electron chi connectivity index (χ4n) is 2.49. The lowest BCUT2D eigenvalue weighted by atomic mass is 9.80. The second-order valence-electron chi connectivity index (χ2n) is 5.43. The van der Waals surface area contributed by atoms with Crippen LogP contribution in [0.25, 0.3) is 0 Å². The van der Waals surface area contributed by atoms with E-state index in [4.69, 9.17) is 0 Å². The lowest BCUT2D eigenvalue weighted by molar-refractivity contribution is -0.142. The Bertz CT molecular complexity index is 420. The van der Waals surface area contributed by atoms with E-state index in [2.05, 4.69) is 17.2 Å². The number of carbonyl (C=O) groups excluding carboxylic acids is 1. The molecule has 1 fully saturated rings. The fraction of sp³-hybridized carbons (Fsp3) is 0.692. The van der Waals surface area contributed by atoms with Crippen molar-refractivity contribution >= 4 is 5.91 Å². The van der Waals surface area contributed by atoms with Crippen molar-refractivity contribution in [2.24, 2.45) is 12.5 Å². The maximum Gasteiger partial charge on any atom is 0.228 e. The smallest absolute Gasteiger partial charge is 0.228 e. The molecule has 0 unspecified atom stereocenters. The molecule has 0 atom stereocenters. The Morgan fingerprint density at radius 1 is 1.56 bits per heavy atom. The van der Waals surface area contributed by atoms with Crippen molar-refractivity contribution in [1.29, 1.82) is 0 Å². The Balaban J connectivity index is 2.02. The van der Waals surface area contributed by atoms with Crippen LogP contribution in [0.4, 0.5) is 0 Å². The molecule has 100 valence electrons. The van der Waals surface area contributed by atoms with Crippen molar-refractivity contribution in [3.05, 3.63) is 18.2 Å². The van der Waals surface area contributed by atoms with Gasteiger partial charge in [-0.25, -0.2) is 4.98 Å². The van der Waals surface area contributed by atoms with Crippen LogP contribution in [0.5, 0.6) is 0 Å². The van der Waals surface area contributed by atoms with Gasteiger partial charge in [-0.05, 0) is 25.9 Å². The van der Waals surface area contributed by atoms with Crippen molar-refractivity contribution in [3.63, 3.8) is 0 Å². The van der Waals surface area contributed by atoms with Gasteiger partial charge in [-0.2, -0.15) is 0 Å². The Morgan fingerprint density at radius 3 is 2.78 bits per heavy atom. The topological polar surface area (TPSA) is 50.2 Å². The number of imidazole rings is 1. The highest BCUT2D eigenvalue weighted by molar-refractivity contribution is 5.82. The molecule has 0 aromatic carbocycles. The normalized spacial score (nSPS) is 18.6.